The first kappa shape index (κ1) is 18.5. The molecule has 2 aromatic rings. The first-order valence-corrected chi connectivity index (χ1v) is 8.77. The quantitative estimate of drug-likeness (QED) is 0.710. The number of hydrogen-bond acceptors (Lipinski definition) is 3. The molecule has 1 amide bonds. The summed E-state index contributed by atoms with van der Waals surface area (Å²) >= 11 is 3.43. The third-order valence-electron chi connectivity index (χ3n) is 3.47. The van der Waals surface area contributed by atoms with E-state index >= 15 is 0 Å². The van der Waals surface area contributed by atoms with Gasteiger partial charge in [0.15, 0.2) is 0 Å². The third-order valence-corrected chi connectivity index (χ3v) is 3.96. The van der Waals surface area contributed by atoms with Crippen LogP contribution >= 0.6 is 15.9 Å². The molecule has 0 saturated heterocycles. The van der Waals surface area contributed by atoms with Gasteiger partial charge >= 0.3 is 6.09 Å². The van der Waals surface area contributed by atoms with E-state index in [4.69, 9.17) is 9.47 Å². The standard InChI is InChI=1S/C19H22BrNO3/c1-2-18(14-23-13-16-9-6-10-17(20)11-16)24-19(22)21-12-15-7-4-3-5-8-15/h3-11,18H,2,12-14H2,1H3,(H,21,22). The molecule has 1 atom stereocenters. The highest BCUT2D eigenvalue weighted by molar-refractivity contribution is 9.10. The van der Waals surface area contributed by atoms with E-state index in [1.54, 1.807) is 0 Å². The van der Waals surface area contributed by atoms with Gasteiger partial charge in [-0.05, 0) is 29.7 Å². The minimum Gasteiger partial charge on any atom is -0.444 e. The molecule has 4 nitrogen and oxygen atoms in total. The van der Waals surface area contributed by atoms with E-state index in [0.717, 1.165) is 15.6 Å². The summed E-state index contributed by atoms with van der Waals surface area (Å²) in [5.74, 6) is 0. The molecule has 0 spiro atoms. The number of hydrogen-bond donors (Lipinski definition) is 1. The summed E-state index contributed by atoms with van der Waals surface area (Å²) in [6, 6.07) is 17.7. The molecule has 1 unspecified atom stereocenters. The van der Waals surface area contributed by atoms with E-state index in [0.29, 0.717) is 26.2 Å². The largest absolute Gasteiger partial charge is 0.444 e. The molecule has 0 radical (unpaired) electrons. The van der Waals surface area contributed by atoms with Gasteiger partial charge in [0.1, 0.15) is 6.10 Å². The molecule has 0 bridgehead atoms. The number of alkyl carbamates (subject to hydrolysis) is 1. The van der Waals surface area contributed by atoms with Gasteiger partial charge in [0.05, 0.1) is 13.2 Å². The number of benzene rings is 2. The molecule has 24 heavy (non-hydrogen) atoms. The summed E-state index contributed by atoms with van der Waals surface area (Å²) in [6.07, 6.45) is 0.0294. The summed E-state index contributed by atoms with van der Waals surface area (Å²) in [7, 11) is 0. The van der Waals surface area contributed by atoms with Crippen LogP contribution in [0.15, 0.2) is 59.1 Å². The average Bonchev–Trinajstić information content (AvgIpc) is 2.60. The minimum absolute atomic E-state index is 0.257. The topological polar surface area (TPSA) is 47.6 Å². The smallest absolute Gasteiger partial charge is 0.407 e. The van der Waals surface area contributed by atoms with Gasteiger partial charge in [-0.15, -0.1) is 0 Å². The van der Waals surface area contributed by atoms with Crippen LogP contribution in [-0.4, -0.2) is 18.8 Å². The highest BCUT2D eigenvalue weighted by atomic mass is 79.9. The van der Waals surface area contributed by atoms with Crippen molar-refractivity contribution in [2.24, 2.45) is 0 Å². The van der Waals surface area contributed by atoms with Crippen molar-refractivity contribution in [3.63, 3.8) is 0 Å². The van der Waals surface area contributed by atoms with Crippen LogP contribution in [0.25, 0.3) is 0 Å². The van der Waals surface area contributed by atoms with Gasteiger partial charge in [-0.2, -0.15) is 0 Å². The number of carbonyl (C=O) groups is 1. The summed E-state index contributed by atoms with van der Waals surface area (Å²) in [5.41, 5.74) is 2.11. The Hall–Kier alpha value is -1.85. The maximum Gasteiger partial charge on any atom is 0.407 e. The van der Waals surface area contributed by atoms with Crippen molar-refractivity contribution in [1.29, 1.82) is 0 Å². The van der Waals surface area contributed by atoms with Crippen LogP contribution < -0.4 is 5.32 Å². The van der Waals surface area contributed by atoms with Gasteiger partial charge in [0.25, 0.3) is 0 Å². The lowest BCUT2D eigenvalue weighted by Gasteiger charge is -2.17. The lowest BCUT2D eigenvalue weighted by atomic mass is 10.2. The minimum atomic E-state index is -0.420. The van der Waals surface area contributed by atoms with Crippen molar-refractivity contribution in [2.75, 3.05) is 6.61 Å². The molecule has 2 rings (SSSR count). The molecule has 0 heterocycles. The monoisotopic (exact) mass is 391 g/mol. The second-order valence-corrected chi connectivity index (χ2v) is 6.34. The maximum atomic E-state index is 11.9. The molecular weight excluding hydrogens is 370 g/mol. The Morgan fingerprint density at radius 2 is 1.88 bits per heavy atom. The van der Waals surface area contributed by atoms with Crippen molar-refractivity contribution in [3.8, 4) is 0 Å². The molecule has 2 aromatic carbocycles. The van der Waals surface area contributed by atoms with Gasteiger partial charge < -0.3 is 14.8 Å². The molecule has 0 aliphatic heterocycles. The van der Waals surface area contributed by atoms with Crippen LogP contribution in [0.5, 0.6) is 0 Å². The lowest BCUT2D eigenvalue weighted by molar-refractivity contribution is 0.0118. The molecule has 0 aliphatic rings. The predicted octanol–water partition coefficient (Wildman–Crippen LogP) is 4.67. The van der Waals surface area contributed by atoms with E-state index in [2.05, 4.69) is 21.2 Å². The number of carbonyl (C=O) groups excluding carboxylic acids is 1. The Bertz CT molecular complexity index is 634. The van der Waals surface area contributed by atoms with Crippen LogP contribution in [0.4, 0.5) is 4.79 Å². The molecule has 1 N–H and O–H groups in total. The molecule has 0 saturated carbocycles. The summed E-state index contributed by atoms with van der Waals surface area (Å²) < 4.78 is 12.1. The fraction of sp³-hybridized carbons (Fsp3) is 0.316. The molecule has 128 valence electrons. The second kappa shape index (κ2) is 10.1. The number of nitrogens with one attached hydrogen (secondary N) is 1. The van der Waals surface area contributed by atoms with Gasteiger partial charge in [0.2, 0.25) is 0 Å². The number of rotatable bonds is 8. The molecular formula is C19H22BrNO3. The fourth-order valence-corrected chi connectivity index (χ4v) is 2.58. The van der Waals surface area contributed by atoms with Crippen molar-refractivity contribution in [3.05, 3.63) is 70.2 Å². The van der Waals surface area contributed by atoms with Crippen LogP contribution in [0, 0.1) is 0 Å². The number of ether oxygens (including phenoxy) is 2. The van der Waals surface area contributed by atoms with E-state index in [9.17, 15) is 4.79 Å². The van der Waals surface area contributed by atoms with Crippen LogP contribution in [-0.2, 0) is 22.6 Å². The summed E-state index contributed by atoms with van der Waals surface area (Å²) in [5, 5.41) is 2.76. The number of amides is 1. The van der Waals surface area contributed by atoms with Crippen LogP contribution in [0.3, 0.4) is 0 Å². The maximum absolute atomic E-state index is 11.9. The zero-order chi connectivity index (χ0) is 17.2. The van der Waals surface area contributed by atoms with Gasteiger partial charge in [-0.1, -0.05) is 65.3 Å². The Kier molecular flexibility index (Phi) is 7.79. The van der Waals surface area contributed by atoms with Crippen molar-refractivity contribution < 1.29 is 14.3 Å². The number of halogens is 1. The highest BCUT2D eigenvalue weighted by Gasteiger charge is 2.12. The van der Waals surface area contributed by atoms with Crippen LogP contribution in [0.2, 0.25) is 0 Å². The van der Waals surface area contributed by atoms with Gasteiger partial charge in [0, 0.05) is 11.0 Å². The normalized spacial score (nSPS) is 11.8. The Morgan fingerprint density at radius 1 is 1.12 bits per heavy atom. The molecule has 0 aromatic heterocycles. The van der Waals surface area contributed by atoms with Crippen molar-refractivity contribution in [2.45, 2.75) is 32.6 Å². The fourth-order valence-electron chi connectivity index (χ4n) is 2.13. The first-order chi connectivity index (χ1) is 11.7. The van der Waals surface area contributed by atoms with E-state index in [1.165, 1.54) is 0 Å². The van der Waals surface area contributed by atoms with Gasteiger partial charge in [-0.3, -0.25) is 0 Å². The zero-order valence-electron chi connectivity index (χ0n) is 13.7. The highest BCUT2D eigenvalue weighted by Crippen LogP contribution is 2.13. The molecule has 0 fully saturated rings. The Labute approximate surface area is 151 Å². The van der Waals surface area contributed by atoms with Crippen molar-refractivity contribution in [1.82, 2.24) is 5.32 Å². The van der Waals surface area contributed by atoms with E-state index < -0.39 is 6.09 Å². The summed E-state index contributed by atoms with van der Waals surface area (Å²) in [4.78, 5) is 11.9. The van der Waals surface area contributed by atoms with Gasteiger partial charge in [-0.25, -0.2) is 4.79 Å². The lowest BCUT2D eigenvalue weighted by Crippen LogP contribution is -2.30. The third kappa shape index (κ3) is 6.72. The Balaban J connectivity index is 1.70. The SMILES string of the molecule is CCC(COCc1cccc(Br)c1)OC(=O)NCc1ccccc1. The van der Waals surface area contributed by atoms with E-state index in [1.807, 2.05) is 61.5 Å². The zero-order valence-corrected chi connectivity index (χ0v) is 15.3. The van der Waals surface area contributed by atoms with Crippen molar-refractivity contribution >= 4 is 22.0 Å². The Morgan fingerprint density at radius 3 is 2.58 bits per heavy atom. The van der Waals surface area contributed by atoms with E-state index in [-0.39, 0.29) is 6.10 Å². The summed E-state index contributed by atoms with van der Waals surface area (Å²) in [6.45, 7) is 3.29. The average molecular weight is 392 g/mol. The van der Waals surface area contributed by atoms with Crippen LogP contribution in [0.1, 0.15) is 24.5 Å². The molecule has 0 aliphatic carbocycles. The first-order valence-electron chi connectivity index (χ1n) is 7.98. The second-order valence-electron chi connectivity index (χ2n) is 5.42. The molecule has 5 heteroatoms. The predicted molar refractivity (Wildman–Crippen MR) is 97.6 cm³/mol.